The van der Waals surface area contributed by atoms with Crippen LogP contribution in [0.5, 0.6) is 5.88 Å². The highest BCUT2D eigenvalue weighted by Crippen LogP contribution is 2.22. The molecule has 1 fully saturated rings. The lowest BCUT2D eigenvalue weighted by Gasteiger charge is -2.36. The molecule has 2 N–H and O–H groups in total. The Morgan fingerprint density at radius 2 is 1.81 bits per heavy atom. The van der Waals surface area contributed by atoms with Gasteiger partial charge in [-0.3, -0.25) is 4.98 Å². The maximum absolute atomic E-state index is 5.69. The van der Waals surface area contributed by atoms with E-state index in [-0.39, 0.29) is 0 Å². The number of hydrogen-bond acceptors (Lipinski definition) is 7. The number of nitrogens with two attached hydrogens (primary N) is 1. The van der Waals surface area contributed by atoms with E-state index in [2.05, 4.69) is 38.0 Å². The maximum atomic E-state index is 5.69. The highest BCUT2D eigenvalue weighted by Gasteiger charge is 2.19. The van der Waals surface area contributed by atoms with Crippen molar-refractivity contribution < 1.29 is 4.74 Å². The fourth-order valence-corrected chi connectivity index (χ4v) is 3.21. The van der Waals surface area contributed by atoms with Gasteiger partial charge in [0.25, 0.3) is 0 Å². The van der Waals surface area contributed by atoms with Crippen molar-refractivity contribution in [3.8, 4) is 5.88 Å². The molecule has 134 valence electrons. The van der Waals surface area contributed by atoms with Crippen LogP contribution >= 0.6 is 0 Å². The molecule has 4 rings (SSSR count). The topological polar surface area (TPSA) is 80.4 Å². The Morgan fingerprint density at radius 1 is 1.00 bits per heavy atom. The van der Waals surface area contributed by atoms with Crippen LogP contribution in [-0.2, 0) is 6.54 Å². The number of methoxy groups -OCH3 is 1. The average molecular weight is 350 g/mol. The summed E-state index contributed by atoms with van der Waals surface area (Å²) in [5.41, 5.74) is 8.62. The first-order valence-electron chi connectivity index (χ1n) is 8.72. The van der Waals surface area contributed by atoms with Crippen LogP contribution in [0.4, 0.5) is 11.5 Å². The number of hydrogen-bond donors (Lipinski definition) is 1. The van der Waals surface area contributed by atoms with Gasteiger partial charge in [0.2, 0.25) is 5.88 Å². The van der Waals surface area contributed by atoms with Crippen LogP contribution < -0.4 is 20.3 Å². The van der Waals surface area contributed by atoms with E-state index in [1.807, 2.05) is 24.5 Å². The second-order valence-corrected chi connectivity index (χ2v) is 6.27. The molecule has 0 atom stereocenters. The molecular weight excluding hydrogens is 328 g/mol. The zero-order valence-electron chi connectivity index (χ0n) is 14.8. The largest absolute Gasteiger partial charge is 0.481 e. The van der Waals surface area contributed by atoms with Crippen molar-refractivity contribution in [2.24, 2.45) is 5.73 Å². The molecule has 0 saturated carbocycles. The monoisotopic (exact) mass is 350 g/mol. The van der Waals surface area contributed by atoms with Crippen molar-refractivity contribution in [1.82, 2.24) is 15.0 Å². The number of piperazine rings is 1. The molecule has 1 aliphatic heterocycles. The molecule has 3 aromatic heterocycles. The molecule has 1 aliphatic rings. The van der Waals surface area contributed by atoms with E-state index >= 15 is 0 Å². The summed E-state index contributed by atoms with van der Waals surface area (Å²) in [4.78, 5) is 18.1. The van der Waals surface area contributed by atoms with Crippen LogP contribution in [0, 0.1) is 0 Å². The van der Waals surface area contributed by atoms with Gasteiger partial charge in [0.1, 0.15) is 5.82 Å². The van der Waals surface area contributed by atoms with Crippen molar-refractivity contribution in [3.63, 3.8) is 0 Å². The van der Waals surface area contributed by atoms with E-state index in [9.17, 15) is 0 Å². The fourth-order valence-electron chi connectivity index (χ4n) is 3.21. The molecule has 7 heteroatoms. The van der Waals surface area contributed by atoms with Crippen molar-refractivity contribution in [1.29, 1.82) is 0 Å². The molecular formula is C19H22N6O. The third kappa shape index (κ3) is 3.25. The van der Waals surface area contributed by atoms with Gasteiger partial charge in [-0.05, 0) is 24.3 Å². The first-order chi connectivity index (χ1) is 12.8. The number of ether oxygens (including phenoxy) is 1. The van der Waals surface area contributed by atoms with Crippen LogP contribution in [0.2, 0.25) is 0 Å². The van der Waals surface area contributed by atoms with Gasteiger partial charge in [-0.25, -0.2) is 9.97 Å². The zero-order valence-corrected chi connectivity index (χ0v) is 14.8. The Balaban J connectivity index is 1.47. The summed E-state index contributed by atoms with van der Waals surface area (Å²) in [6, 6.07) is 10.1. The molecule has 0 spiro atoms. The Labute approximate surface area is 152 Å². The molecule has 26 heavy (non-hydrogen) atoms. The predicted molar refractivity (Wildman–Crippen MR) is 103 cm³/mol. The second-order valence-electron chi connectivity index (χ2n) is 6.27. The molecule has 0 aromatic carbocycles. The number of pyridine rings is 3. The fraction of sp³-hybridized carbons (Fsp3) is 0.316. The smallest absolute Gasteiger partial charge is 0.213 e. The molecule has 7 nitrogen and oxygen atoms in total. The minimum absolute atomic E-state index is 0.427. The quantitative estimate of drug-likeness (QED) is 0.769. The molecule has 0 amide bonds. The van der Waals surface area contributed by atoms with E-state index in [0.717, 1.165) is 54.3 Å². The first kappa shape index (κ1) is 16.5. The van der Waals surface area contributed by atoms with Gasteiger partial charge in [0, 0.05) is 50.4 Å². The van der Waals surface area contributed by atoms with Crippen molar-refractivity contribution in [3.05, 3.63) is 48.4 Å². The number of nitrogens with zero attached hydrogens (tertiary/aromatic N) is 5. The lowest BCUT2D eigenvalue weighted by Crippen LogP contribution is -2.46. The van der Waals surface area contributed by atoms with Crippen LogP contribution in [0.3, 0.4) is 0 Å². The SMILES string of the molecule is COc1ccc(N2CCN(c3ccc4cnc(CN)cc4n3)CC2)cn1. The third-order valence-corrected chi connectivity index (χ3v) is 4.72. The van der Waals surface area contributed by atoms with Crippen molar-refractivity contribution >= 4 is 22.4 Å². The highest BCUT2D eigenvalue weighted by molar-refractivity contribution is 5.79. The summed E-state index contributed by atoms with van der Waals surface area (Å²) in [6.07, 6.45) is 3.70. The second kappa shape index (κ2) is 7.13. The minimum atomic E-state index is 0.427. The molecule has 1 saturated heterocycles. The minimum Gasteiger partial charge on any atom is -0.481 e. The highest BCUT2D eigenvalue weighted by atomic mass is 16.5. The van der Waals surface area contributed by atoms with E-state index in [0.29, 0.717) is 12.4 Å². The van der Waals surface area contributed by atoms with Gasteiger partial charge in [0.05, 0.1) is 30.2 Å². The first-order valence-corrected chi connectivity index (χ1v) is 8.72. The standard InChI is InChI=1S/C19H22N6O/c1-26-19-5-3-16(13-22-19)24-6-8-25(9-7-24)18-4-2-14-12-21-15(11-20)10-17(14)23-18/h2-5,10,12-13H,6-9,11,20H2,1H3. The van der Waals surface area contributed by atoms with E-state index in [4.69, 9.17) is 15.5 Å². The summed E-state index contributed by atoms with van der Waals surface area (Å²) in [5.74, 6) is 1.64. The number of fused-ring (bicyclic) bond motifs is 1. The van der Waals surface area contributed by atoms with Crippen molar-refractivity contribution in [2.45, 2.75) is 6.54 Å². The van der Waals surface area contributed by atoms with E-state index in [1.54, 1.807) is 7.11 Å². The molecule has 0 aliphatic carbocycles. The Hall–Kier alpha value is -2.93. The lowest BCUT2D eigenvalue weighted by atomic mass is 10.2. The van der Waals surface area contributed by atoms with Gasteiger partial charge >= 0.3 is 0 Å². The number of rotatable bonds is 4. The van der Waals surface area contributed by atoms with Gasteiger partial charge in [-0.1, -0.05) is 0 Å². The van der Waals surface area contributed by atoms with Crippen LogP contribution in [-0.4, -0.2) is 48.2 Å². The van der Waals surface area contributed by atoms with Gasteiger partial charge in [-0.2, -0.15) is 0 Å². The van der Waals surface area contributed by atoms with Crippen LogP contribution in [0.25, 0.3) is 10.9 Å². The normalized spacial score (nSPS) is 14.7. The van der Waals surface area contributed by atoms with Crippen molar-refractivity contribution in [2.75, 3.05) is 43.1 Å². The Bertz CT molecular complexity index is 890. The Kier molecular flexibility index (Phi) is 4.53. The van der Waals surface area contributed by atoms with E-state index < -0.39 is 0 Å². The number of anilines is 2. The van der Waals surface area contributed by atoms with E-state index in [1.165, 1.54) is 0 Å². The summed E-state index contributed by atoms with van der Waals surface area (Å²) in [7, 11) is 1.63. The molecule has 0 unspecified atom stereocenters. The van der Waals surface area contributed by atoms with Crippen LogP contribution in [0.15, 0.2) is 42.7 Å². The molecule has 3 aromatic rings. The Morgan fingerprint density at radius 3 is 2.50 bits per heavy atom. The lowest BCUT2D eigenvalue weighted by molar-refractivity contribution is 0.398. The zero-order chi connectivity index (χ0) is 17.9. The molecule has 0 radical (unpaired) electrons. The average Bonchev–Trinajstić information content (AvgIpc) is 2.73. The summed E-state index contributed by atoms with van der Waals surface area (Å²) >= 11 is 0. The molecule has 0 bridgehead atoms. The van der Waals surface area contributed by atoms with Crippen LogP contribution in [0.1, 0.15) is 5.69 Å². The predicted octanol–water partition coefficient (Wildman–Crippen LogP) is 1.82. The van der Waals surface area contributed by atoms with Gasteiger partial charge < -0.3 is 20.3 Å². The summed E-state index contributed by atoms with van der Waals surface area (Å²) in [5, 5.41) is 1.04. The summed E-state index contributed by atoms with van der Waals surface area (Å²) < 4.78 is 5.12. The molecule has 4 heterocycles. The third-order valence-electron chi connectivity index (χ3n) is 4.72. The number of aromatic nitrogens is 3. The van der Waals surface area contributed by atoms with Gasteiger partial charge in [0.15, 0.2) is 0 Å². The maximum Gasteiger partial charge on any atom is 0.213 e. The summed E-state index contributed by atoms with van der Waals surface area (Å²) in [6.45, 7) is 4.12. The van der Waals surface area contributed by atoms with Gasteiger partial charge in [-0.15, -0.1) is 0 Å².